The van der Waals surface area contributed by atoms with Crippen molar-refractivity contribution in [2.45, 2.75) is 76.7 Å². The molecule has 0 spiro atoms. The van der Waals surface area contributed by atoms with Crippen molar-refractivity contribution in [3.63, 3.8) is 0 Å². The Morgan fingerprint density at radius 2 is 2.24 bits per heavy atom. The van der Waals surface area contributed by atoms with Gasteiger partial charge in [-0.2, -0.15) is 0 Å². The molecule has 2 aliphatic heterocycles. The highest BCUT2D eigenvalue weighted by atomic mass is 16.6. The summed E-state index contributed by atoms with van der Waals surface area (Å²) in [5.74, 6) is -0.263. The Morgan fingerprint density at radius 3 is 2.86 bits per heavy atom. The highest BCUT2D eigenvalue weighted by molar-refractivity contribution is 5.69. The lowest BCUT2D eigenvalue weighted by Crippen LogP contribution is -2.39. The number of esters is 1. The van der Waals surface area contributed by atoms with E-state index in [2.05, 4.69) is 12.2 Å². The van der Waals surface area contributed by atoms with Gasteiger partial charge in [-0.25, -0.2) is 4.79 Å². The van der Waals surface area contributed by atoms with Crippen LogP contribution in [0, 0.1) is 0 Å². The smallest absolute Gasteiger partial charge is 0.407 e. The van der Waals surface area contributed by atoms with Crippen molar-refractivity contribution in [1.82, 2.24) is 5.32 Å². The Balaban J connectivity index is 1.85. The van der Waals surface area contributed by atoms with E-state index in [0.29, 0.717) is 6.61 Å². The number of rotatable bonds is 7. The third-order valence-electron chi connectivity index (χ3n) is 4.06. The van der Waals surface area contributed by atoms with Crippen LogP contribution in [0.1, 0.15) is 52.4 Å². The highest BCUT2D eigenvalue weighted by Crippen LogP contribution is 2.29. The average Bonchev–Trinajstić information content (AvgIpc) is 3.06. The first kappa shape index (κ1) is 16.1. The van der Waals surface area contributed by atoms with E-state index in [-0.39, 0.29) is 36.4 Å². The summed E-state index contributed by atoms with van der Waals surface area (Å²) in [6.07, 6.45) is 5.13. The van der Waals surface area contributed by atoms with Crippen molar-refractivity contribution < 1.29 is 23.8 Å². The molecule has 1 N–H and O–H groups in total. The molecule has 6 nitrogen and oxygen atoms in total. The fourth-order valence-corrected chi connectivity index (χ4v) is 2.99. The molecule has 2 aliphatic rings. The summed E-state index contributed by atoms with van der Waals surface area (Å²) in [4.78, 5) is 22.4. The second-order valence-electron chi connectivity index (χ2n) is 5.78. The zero-order valence-corrected chi connectivity index (χ0v) is 12.8. The van der Waals surface area contributed by atoms with Gasteiger partial charge in [0.15, 0.2) is 0 Å². The van der Waals surface area contributed by atoms with Crippen LogP contribution in [-0.2, 0) is 19.0 Å². The Morgan fingerprint density at radius 1 is 1.43 bits per heavy atom. The SMILES string of the molecule is CCCCC[C@H](OC(C)=O)[C@@H]1CC[C@H]([C@@H]2COC(=O)N2)O1. The van der Waals surface area contributed by atoms with Crippen LogP contribution >= 0.6 is 0 Å². The number of ether oxygens (including phenoxy) is 3. The van der Waals surface area contributed by atoms with Gasteiger partial charge >= 0.3 is 12.1 Å². The topological polar surface area (TPSA) is 73.9 Å². The molecule has 6 heteroatoms. The van der Waals surface area contributed by atoms with Crippen molar-refractivity contribution >= 4 is 12.1 Å². The van der Waals surface area contributed by atoms with Gasteiger partial charge in [0.25, 0.3) is 0 Å². The van der Waals surface area contributed by atoms with E-state index in [1.165, 1.54) is 6.92 Å². The predicted octanol–water partition coefficient (Wildman–Crippen LogP) is 2.15. The van der Waals surface area contributed by atoms with Gasteiger partial charge in [0, 0.05) is 6.92 Å². The minimum atomic E-state index is -0.383. The summed E-state index contributed by atoms with van der Waals surface area (Å²) in [7, 11) is 0. The van der Waals surface area contributed by atoms with Gasteiger partial charge in [-0.3, -0.25) is 4.79 Å². The van der Waals surface area contributed by atoms with E-state index in [1.54, 1.807) is 0 Å². The molecular formula is C15H25NO5. The second kappa shape index (κ2) is 7.64. The summed E-state index contributed by atoms with van der Waals surface area (Å²) in [6.45, 7) is 3.93. The summed E-state index contributed by atoms with van der Waals surface area (Å²) < 4.78 is 16.3. The summed E-state index contributed by atoms with van der Waals surface area (Å²) in [5, 5.41) is 2.75. The fraction of sp³-hybridized carbons (Fsp3) is 0.867. The van der Waals surface area contributed by atoms with E-state index in [0.717, 1.165) is 38.5 Å². The van der Waals surface area contributed by atoms with E-state index in [1.807, 2.05) is 0 Å². The third kappa shape index (κ3) is 4.59. The predicted molar refractivity (Wildman–Crippen MR) is 75.9 cm³/mol. The van der Waals surface area contributed by atoms with Gasteiger partial charge in [-0.1, -0.05) is 19.8 Å². The third-order valence-corrected chi connectivity index (χ3v) is 4.06. The molecule has 2 fully saturated rings. The van der Waals surface area contributed by atoms with E-state index < -0.39 is 0 Å². The second-order valence-corrected chi connectivity index (χ2v) is 5.78. The van der Waals surface area contributed by atoms with Crippen LogP contribution in [0.3, 0.4) is 0 Å². The first-order valence-electron chi connectivity index (χ1n) is 7.86. The van der Waals surface area contributed by atoms with Crippen LogP contribution in [0.25, 0.3) is 0 Å². The maximum Gasteiger partial charge on any atom is 0.407 e. The van der Waals surface area contributed by atoms with Crippen LogP contribution in [0.5, 0.6) is 0 Å². The Labute approximate surface area is 125 Å². The molecule has 0 aromatic carbocycles. The summed E-state index contributed by atoms with van der Waals surface area (Å²) in [6, 6.07) is -0.0869. The number of nitrogens with one attached hydrogen (secondary N) is 1. The lowest BCUT2D eigenvalue weighted by atomic mass is 10.0. The maximum absolute atomic E-state index is 11.3. The van der Waals surface area contributed by atoms with Crippen molar-refractivity contribution in [2.75, 3.05) is 6.61 Å². The standard InChI is InChI=1S/C15H25NO5/c1-3-4-5-6-13(20-10(2)17)14-8-7-12(21-14)11-9-19-15(18)16-11/h11-14H,3-9H2,1-2H3,(H,16,18)/t11-,12+,13-,14-/m0/s1. The first-order chi connectivity index (χ1) is 10.1. The minimum absolute atomic E-state index is 0.0503. The minimum Gasteiger partial charge on any atom is -0.460 e. The monoisotopic (exact) mass is 299 g/mol. The quantitative estimate of drug-likeness (QED) is 0.576. The number of amides is 1. The molecule has 0 saturated carbocycles. The molecule has 2 heterocycles. The molecule has 4 atom stereocenters. The van der Waals surface area contributed by atoms with E-state index in [9.17, 15) is 9.59 Å². The molecule has 2 rings (SSSR count). The van der Waals surface area contributed by atoms with Crippen molar-refractivity contribution in [2.24, 2.45) is 0 Å². The Hall–Kier alpha value is -1.30. The van der Waals surface area contributed by atoms with Gasteiger partial charge in [-0.15, -0.1) is 0 Å². The molecule has 0 aliphatic carbocycles. The summed E-state index contributed by atoms with van der Waals surface area (Å²) >= 11 is 0. The lowest BCUT2D eigenvalue weighted by Gasteiger charge is -2.24. The zero-order valence-electron chi connectivity index (χ0n) is 12.8. The average molecular weight is 299 g/mol. The van der Waals surface area contributed by atoms with Gasteiger partial charge in [0.05, 0.1) is 18.2 Å². The molecule has 0 bridgehead atoms. The Bertz CT molecular complexity index is 373. The molecule has 0 radical (unpaired) electrons. The van der Waals surface area contributed by atoms with Gasteiger partial charge < -0.3 is 19.5 Å². The van der Waals surface area contributed by atoms with Gasteiger partial charge in [0.2, 0.25) is 0 Å². The summed E-state index contributed by atoms with van der Waals surface area (Å²) in [5.41, 5.74) is 0. The maximum atomic E-state index is 11.3. The van der Waals surface area contributed by atoms with Crippen LogP contribution in [0.4, 0.5) is 4.79 Å². The fourth-order valence-electron chi connectivity index (χ4n) is 2.99. The molecule has 2 saturated heterocycles. The van der Waals surface area contributed by atoms with Gasteiger partial charge in [-0.05, 0) is 25.7 Å². The van der Waals surface area contributed by atoms with Crippen molar-refractivity contribution in [3.05, 3.63) is 0 Å². The number of carbonyl (C=O) groups is 2. The van der Waals surface area contributed by atoms with Crippen molar-refractivity contribution in [1.29, 1.82) is 0 Å². The number of carbonyl (C=O) groups excluding carboxylic acids is 2. The van der Waals surface area contributed by atoms with Crippen molar-refractivity contribution in [3.8, 4) is 0 Å². The lowest BCUT2D eigenvalue weighted by molar-refractivity contribution is -0.155. The van der Waals surface area contributed by atoms with E-state index >= 15 is 0 Å². The number of alkyl carbamates (subject to hydrolysis) is 1. The highest BCUT2D eigenvalue weighted by Gasteiger charge is 2.40. The number of cyclic esters (lactones) is 1. The number of hydrogen-bond donors (Lipinski definition) is 1. The van der Waals surface area contributed by atoms with Crippen LogP contribution in [0.2, 0.25) is 0 Å². The molecule has 0 aromatic rings. The van der Waals surface area contributed by atoms with Crippen LogP contribution in [-0.4, -0.2) is 43.0 Å². The normalized spacial score (nSPS) is 29.8. The molecule has 21 heavy (non-hydrogen) atoms. The Kier molecular flexibility index (Phi) is 5.85. The molecular weight excluding hydrogens is 274 g/mol. The zero-order chi connectivity index (χ0) is 15.2. The number of hydrogen-bond acceptors (Lipinski definition) is 5. The molecule has 0 unspecified atom stereocenters. The van der Waals surface area contributed by atoms with Gasteiger partial charge in [0.1, 0.15) is 12.7 Å². The van der Waals surface area contributed by atoms with E-state index in [4.69, 9.17) is 14.2 Å². The first-order valence-corrected chi connectivity index (χ1v) is 7.86. The molecule has 1 amide bonds. The van der Waals surface area contributed by atoms with Crippen LogP contribution in [0.15, 0.2) is 0 Å². The van der Waals surface area contributed by atoms with Crippen LogP contribution < -0.4 is 5.32 Å². The largest absolute Gasteiger partial charge is 0.460 e. The molecule has 0 aromatic heterocycles. The number of unbranched alkanes of at least 4 members (excludes halogenated alkanes) is 2. The molecule has 120 valence electrons.